The molecule has 0 aromatic rings. The van der Waals surface area contributed by atoms with Crippen molar-refractivity contribution in [3.63, 3.8) is 0 Å². The SMILES string of the molecule is CC(CCCNC(C)(C)C)N1CCOC2CCCC21. The number of morpholine rings is 1. The molecule has 1 saturated carbocycles. The van der Waals surface area contributed by atoms with Gasteiger partial charge in [0.15, 0.2) is 0 Å². The summed E-state index contributed by atoms with van der Waals surface area (Å²) in [6.45, 7) is 12.3. The fraction of sp³-hybridized carbons (Fsp3) is 1.00. The Morgan fingerprint density at radius 3 is 2.84 bits per heavy atom. The Bertz CT molecular complexity index is 274. The van der Waals surface area contributed by atoms with Crippen molar-refractivity contribution in [1.29, 1.82) is 0 Å². The molecule has 1 heterocycles. The molecule has 1 saturated heterocycles. The highest BCUT2D eigenvalue weighted by Crippen LogP contribution is 2.31. The van der Waals surface area contributed by atoms with Crippen LogP contribution in [0, 0.1) is 0 Å². The molecule has 3 unspecified atom stereocenters. The van der Waals surface area contributed by atoms with Gasteiger partial charge in [0.25, 0.3) is 0 Å². The monoisotopic (exact) mass is 268 g/mol. The van der Waals surface area contributed by atoms with E-state index in [1.807, 2.05) is 0 Å². The zero-order valence-electron chi connectivity index (χ0n) is 13.2. The molecule has 0 bridgehead atoms. The Kier molecular flexibility index (Phi) is 5.27. The first-order valence-electron chi connectivity index (χ1n) is 8.10. The van der Waals surface area contributed by atoms with E-state index in [-0.39, 0.29) is 5.54 Å². The second-order valence-corrected chi connectivity index (χ2v) is 7.31. The van der Waals surface area contributed by atoms with Crippen LogP contribution in [0.1, 0.15) is 59.8 Å². The third-order valence-corrected chi connectivity index (χ3v) is 4.55. The van der Waals surface area contributed by atoms with E-state index in [1.165, 1.54) is 32.1 Å². The average Bonchev–Trinajstić information content (AvgIpc) is 2.81. The van der Waals surface area contributed by atoms with E-state index in [4.69, 9.17) is 4.74 Å². The van der Waals surface area contributed by atoms with Gasteiger partial charge in [0.2, 0.25) is 0 Å². The van der Waals surface area contributed by atoms with Crippen LogP contribution < -0.4 is 5.32 Å². The summed E-state index contributed by atoms with van der Waals surface area (Å²) in [5.74, 6) is 0. The van der Waals surface area contributed by atoms with Gasteiger partial charge in [0.05, 0.1) is 12.7 Å². The first-order valence-corrected chi connectivity index (χ1v) is 8.10. The number of ether oxygens (including phenoxy) is 1. The lowest BCUT2D eigenvalue weighted by Gasteiger charge is -2.41. The maximum absolute atomic E-state index is 5.90. The van der Waals surface area contributed by atoms with Gasteiger partial charge >= 0.3 is 0 Å². The van der Waals surface area contributed by atoms with E-state index in [1.54, 1.807) is 0 Å². The molecule has 2 aliphatic rings. The van der Waals surface area contributed by atoms with Gasteiger partial charge in [0, 0.05) is 24.2 Å². The number of nitrogens with zero attached hydrogens (tertiary/aromatic N) is 1. The van der Waals surface area contributed by atoms with Crippen LogP contribution in [-0.4, -0.2) is 48.3 Å². The number of rotatable bonds is 5. The van der Waals surface area contributed by atoms with Crippen LogP contribution in [0.25, 0.3) is 0 Å². The summed E-state index contributed by atoms with van der Waals surface area (Å²) in [6, 6.07) is 1.41. The van der Waals surface area contributed by atoms with Gasteiger partial charge in [-0.25, -0.2) is 0 Å². The van der Waals surface area contributed by atoms with Crippen molar-refractivity contribution >= 4 is 0 Å². The molecule has 2 rings (SSSR count). The van der Waals surface area contributed by atoms with Crippen LogP contribution in [0.15, 0.2) is 0 Å². The summed E-state index contributed by atoms with van der Waals surface area (Å²) in [4.78, 5) is 2.72. The van der Waals surface area contributed by atoms with E-state index in [9.17, 15) is 0 Å². The Balaban J connectivity index is 1.71. The van der Waals surface area contributed by atoms with Gasteiger partial charge in [-0.15, -0.1) is 0 Å². The summed E-state index contributed by atoms with van der Waals surface area (Å²) >= 11 is 0. The predicted molar refractivity (Wildman–Crippen MR) is 80.5 cm³/mol. The minimum atomic E-state index is 0.249. The van der Waals surface area contributed by atoms with E-state index in [2.05, 4.69) is 37.9 Å². The summed E-state index contributed by atoms with van der Waals surface area (Å²) < 4.78 is 5.90. The van der Waals surface area contributed by atoms with Crippen molar-refractivity contribution in [3.05, 3.63) is 0 Å². The second kappa shape index (κ2) is 6.55. The Hall–Kier alpha value is -0.120. The van der Waals surface area contributed by atoms with E-state index >= 15 is 0 Å². The highest BCUT2D eigenvalue weighted by Gasteiger charge is 2.37. The Morgan fingerprint density at radius 2 is 2.11 bits per heavy atom. The van der Waals surface area contributed by atoms with Gasteiger partial charge in [-0.1, -0.05) is 0 Å². The van der Waals surface area contributed by atoms with Gasteiger partial charge in [0.1, 0.15) is 0 Å². The Morgan fingerprint density at radius 1 is 1.32 bits per heavy atom. The van der Waals surface area contributed by atoms with Gasteiger partial charge in [-0.2, -0.15) is 0 Å². The minimum absolute atomic E-state index is 0.249. The molecule has 2 fully saturated rings. The van der Waals surface area contributed by atoms with Crippen LogP contribution in [0.3, 0.4) is 0 Å². The normalized spacial score (nSPS) is 30.3. The maximum atomic E-state index is 5.90. The second-order valence-electron chi connectivity index (χ2n) is 7.31. The lowest BCUT2D eigenvalue weighted by atomic mass is 10.0. The van der Waals surface area contributed by atoms with E-state index in [0.29, 0.717) is 18.2 Å². The lowest BCUT2D eigenvalue weighted by molar-refractivity contribution is -0.0703. The van der Waals surface area contributed by atoms with Crippen molar-refractivity contribution < 1.29 is 4.74 Å². The smallest absolute Gasteiger partial charge is 0.0731 e. The van der Waals surface area contributed by atoms with Crippen molar-refractivity contribution in [2.24, 2.45) is 0 Å². The summed E-state index contributed by atoms with van der Waals surface area (Å²) in [7, 11) is 0. The summed E-state index contributed by atoms with van der Waals surface area (Å²) in [6.07, 6.45) is 7.07. The molecule has 1 aliphatic heterocycles. The third-order valence-electron chi connectivity index (χ3n) is 4.55. The minimum Gasteiger partial charge on any atom is -0.375 e. The van der Waals surface area contributed by atoms with Crippen LogP contribution >= 0.6 is 0 Å². The highest BCUT2D eigenvalue weighted by atomic mass is 16.5. The molecule has 112 valence electrons. The predicted octanol–water partition coefficient (Wildman–Crippen LogP) is 2.80. The van der Waals surface area contributed by atoms with Crippen LogP contribution in [0.2, 0.25) is 0 Å². The zero-order valence-corrected chi connectivity index (χ0v) is 13.2. The molecule has 3 heteroatoms. The molecule has 1 aliphatic carbocycles. The van der Waals surface area contributed by atoms with Crippen LogP contribution in [-0.2, 0) is 4.74 Å². The lowest BCUT2D eigenvalue weighted by Crippen LogP contribution is -2.52. The molecule has 0 aromatic carbocycles. The number of nitrogens with one attached hydrogen (secondary N) is 1. The first kappa shape index (κ1) is 15.3. The fourth-order valence-corrected chi connectivity index (χ4v) is 3.53. The van der Waals surface area contributed by atoms with Crippen molar-refractivity contribution in [1.82, 2.24) is 10.2 Å². The highest BCUT2D eigenvalue weighted by molar-refractivity contribution is 4.91. The summed E-state index contributed by atoms with van der Waals surface area (Å²) in [5, 5.41) is 3.58. The van der Waals surface area contributed by atoms with E-state index in [0.717, 1.165) is 19.7 Å². The maximum Gasteiger partial charge on any atom is 0.0731 e. The zero-order chi connectivity index (χ0) is 13.9. The topological polar surface area (TPSA) is 24.5 Å². The molecule has 0 radical (unpaired) electrons. The molecule has 1 N–H and O–H groups in total. The quantitative estimate of drug-likeness (QED) is 0.776. The number of hydrogen-bond acceptors (Lipinski definition) is 3. The molecular weight excluding hydrogens is 236 g/mol. The van der Waals surface area contributed by atoms with Crippen molar-refractivity contribution in [2.75, 3.05) is 19.7 Å². The van der Waals surface area contributed by atoms with Gasteiger partial charge < -0.3 is 10.1 Å². The van der Waals surface area contributed by atoms with Crippen molar-refractivity contribution in [2.45, 2.75) is 83.5 Å². The molecule has 3 nitrogen and oxygen atoms in total. The molecule has 0 spiro atoms. The molecule has 0 aromatic heterocycles. The molecular formula is C16H32N2O. The molecule has 0 amide bonds. The van der Waals surface area contributed by atoms with Crippen LogP contribution in [0.5, 0.6) is 0 Å². The first-order chi connectivity index (χ1) is 8.97. The fourth-order valence-electron chi connectivity index (χ4n) is 3.53. The van der Waals surface area contributed by atoms with E-state index < -0.39 is 0 Å². The van der Waals surface area contributed by atoms with Gasteiger partial charge in [-0.05, 0) is 66.3 Å². The van der Waals surface area contributed by atoms with Gasteiger partial charge in [-0.3, -0.25) is 4.90 Å². The molecule has 19 heavy (non-hydrogen) atoms. The standard InChI is InChI=1S/C16H32N2O/c1-13(7-6-10-17-16(2,3)4)18-11-12-19-15-9-5-8-14(15)18/h13-15,17H,5-12H2,1-4H3. The Labute approximate surface area is 119 Å². The third kappa shape index (κ3) is 4.44. The average molecular weight is 268 g/mol. The number of hydrogen-bond donors (Lipinski definition) is 1. The van der Waals surface area contributed by atoms with Crippen LogP contribution in [0.4, 0.5) is 0 Å². The molecule has 3 atom stereocenters. The number of fused-ring (bicyclic) bond motifs is 1. The summed E-state index contributed by atoms with van der Waals surface area (Å²) in [5.41, 5.74) is 0.249. The van der Waals surface area contributed by atoms with Crippen molar-refractivity contribution in [3.8, 4) is 0 Å². The largest absolute Gasteiger partial charge is 0.375 e.